The normalized spacial score (nSPS) is 10.9. The summed E-state index contributed by atoms with van der Waals surface area (Å²) in [6.45, 7) is 5.80. The molecule has 0 aliphatic carbocycles. The van der Waals surface area contributed by atoms with Crippen molar-refractivity contribution in [1.29, 1.82) is 0 Å². The molecule has 0 spiro atoms. The zero-order valence-electron chi connectivity index (χ0n) is 9.29. The Kier molecular flexibility index (Phi) is 3.34. The van der Waals surface area contributed by atoms with Crippen molar-refractivity contribution in [3.05, 3.63) is 29.1 Å². The highest BCUT2D eigenvalue weighted by atomic mass is 28.3. The molecule has 86 valence electrons. The molecule has 0 bridgehead atoms. The summed E-state index contributed by atoms with van der Waals surface area (Å²) in [4.78, 5) is 0. The van der Waals surface area contributed by atoms with Crippen LogP contribution in [-0.2, 0) is 0 Å². The zero-order chi connectivity index (χ0) is 12.5. The van der Waals surface area contributed by atoms with Gasteiger partial charge < -0.3 is 5.73 Å². The van der Waals surface area contributed by atoms with E-state index in [4.69, 9.17) is 5.73 Å². The Hall–Kier alpha value is -1.41. The molecule has 0 aliphatic heterocycles. The van der Waals surface area contributed by atoms with E-state index in [0.29, 0.717) is 6.07 Å². The highest BCUT2D eigenvalue weighted by molar-refractivity contribution is 6.83. The number of halogens is 3. The second kappa shape index (κ2) is 4.22. The van der Waals surface area contributed by atoms with Gasteiger partial charge in [-0.3, -0.25) is 0 Å². The van der Waals surface area contributed by atoms with Crippen LogP contribution in [0.4, 0.5) is 18.9 Å². The van der Waals surface area contributed by atoms with Crippen molar-refractivity contribution < 1.29 is 13.2 Å². The van der Waals surface area contributed by atoms with E-state index in [9.17, 15) is 13.2 Å². The third-order valence-corrected chi connectivity index (χ3v) is 2.65. The van der Waals surface area contributed by atoms with Crippen LogP contribution in [0.15, 0.2) is 6.07 Å². The van der Waals surface area contributed by atoms with Gasteiger partial charge in [-0.25, -0.2) is 13.2 Å². The minimum atomic E-state index is -1.75. The summed E-state index contributed by atoms with van der Waals surface area (Å²) < 4.78 is 39.3. The molecule has 16 heavy (non-hydrogen) atoms. The fourth-order valence-corrected chi connectivity index (χ4v) is 1.48. The molecule has 0 aliphatic rings. The first kappa shape index (κ1) is 12.7. The maximum absolute atomic E-state index is 13.3. The Morgan fingerprint density at radius 3 is 2.19 bits per heavy atom. The van der Waals surface area contributed by atoms with E-state index in [1.54, 1.807) is 0 Å². The molecule has 0 amide bonds. The summed E-state index contributed by atoms with van der Waals surface area (Å²) in [5.74, 6) is -1.01. The molecule has 1 nitrogen and oxygen atoms in total. The van der Waals surface area contributed by atoms with Gasteiger partial charge in [-0.2, -0.15) is 0 Å². The molecular formula is C11H12F3NSi. The largest absolute Gasteiger partial charge is 0.395 e. The maximum atomic E-state index is 13.3. The van der Waals surface area contributed by atoms with Gasteiger partial charge in [0.25, 0.3) is 0 Å². The first-order valence-electron chi connectivity index (χ1n) is 4.68. The number of rotatable bonds is 0. The Balaban J connectivity index is 3.38. The predicted octanol–water partition coefficient (Wildman–Crippen LogP) is 2.92. The summed E-state index contributed by atoms with van der Waals surface area (Å²) in [5.41, 5.74) is 7.29. The molecule has 1 rings (SSSR count). The second-order valence-corrected chi connectivity index (χ2v) is 9.19. The summed E-state index contributed by atoms with van der Waals surface area (Å²) >= 11 is 0. The van der Waals surface area contributed by atoms with Gasteiger partial charge in [-0.15, -0.1) is 5.54 Å². The van der Waals surface area contributed by atoms with Gasteiger partial charge in [0.05, 0.1) is 11.3 Å². The highest BCUT2D eigenvalue weighted by Gasteiger charge is 2.16. The minimum absolute atomic E-state index is 0.389. The van der Waals surface area contributed by atoms with Crippen molar-refractivity contribution in [2.24, 2.45) is 0 Å². The van der Waals surface area contributed by atoms with Crippen LogP contribution in [0.2, 0.25) is 19.6 Å². The molecule has 0 fully saturated rings. The number of nitrogens with two attached hydrogens (primary N) is 1. The van der Waals surface area contributed by atoms with Crippen molar-refractivity contribution in [3.8, 4) is 11.5 Å². The van der Waals surface area contributed by atoms with Gasteiger partial charge in [-0.1, -0.05) is 25.6 Å². The molecule has 1 aromatic carbocycles. The topological polar surface area (TPSA) is 26.0 Å². The van der Waals surface area contributed by atoms with E-state index in [1.807, 2.05) is 19.6 Å². The van der Waals surface area contributed by atoms with E-state index >= 15 is 0 Å². The van der Waals surface area contributed by atoms with E-state index in [2.05, 4.69) is 11.5 Å². The van der Waals surface area contributed by atoms with Gasteiger partial charge in [0.2, 0.25) is 0 Å². The van der Waals surface area contributed by atoms with Gasteiger partial charge in [-0.05, 0) is 0 Å². The van der Waals surface area contributed by atoms with Crippen LogP contribution in [0.3, 0.4) is 0 Å². The molecule has 5 heteroatoms. The molecule has 0 atom stereocenters. The number of nitrogen functional groups attached to an aromatic ring is 1. The molecule has 0 heterocycles. The van der Waals surface area contributed by atoms with Crippen LogP contribution in [0.25, 0.3) is 0 Å². The fraction of sp³-hybridized carbons (Fsp3) is 0.273. The van der Waals surface area contributed by atoms with Crippen LogP contribution >= 0.6 is 0 Å². The molecular weight excluding hydrogens is 231 g/mol. The van der Waals surface area contributed by atoms with Crippen LogP contribution in [0, 0.1) is 28.9 Å². The lowest BCUT2D eigenvalue weighted by Gasteiger charge is -2.06. The summed E-state index contributed by atoms with van der Waals surface area (Å²) in [6, 6.07) is 0.421. The van der Waals surface area contributed by atoms with Gasteiger partial charge in [0, 0.05) is 6.07 Å². The lowest BCUT2D eigenvalue weighted by Crippen LogP contribution is -2.16. The number of benzene rings is 1. The van der Waals surface area contributed by atoms with E-state index in [-0.39, 0.29) is 5.56 Å². The average molecular weight is 243 g/mol. The number of anilines is 1. The molecule has 0 aromatic heterocycles. The van der Waals surface area contributed by atoms with Crippen LogP contribution in [0.5, 0.6) is 0 Å². The average Bonchev–Trinajstić information content (AvgIpc) is 2.13. The smallest absolute Gasteiger partial charge is 0.176 e. The van der Waals surface area contributed by atoms with Crippen LogP contribution in [0.1, 0.15) is 5.56 Å². The van der Waals surface area contributed by atoms with Gasteiger partial charge in [0.1, 0.15) is 13.9 Å². The monoisotopic (exact) mass is 243 g/mol. The van der Waals surface area contributed by atoms with Crippen molar-refractivity contribution in [2.75, 3.05) is 5.73 Å². The Bertz CT molecular complexity index is 454. The SMILES string of the molecule is C[Si](C)(C)C#Cc1c(N)c(F)cc(F)c1F. The minimum Gasteiger partial charge on any atom is -0.395 e. The molecule has 0 unspecified atom stereocenters. The number of hydrogen-bond donors (Lipinski definition) is 1. The molecule has 0 radical (unpaired) electrons. The second-order valence-electron chi connectivity index (χ2n) is 4.44. The summed E-state index contributed by atoms with van der Waals surface area (Å²) in [7, 11) is -1.75. The van der Waals surface area contributed by atoms with Gasteiger partial charge in [0.15, 0.2) is 11.6 Å². The fourth-order valence-electron chi connectivity index (χ4n) is 0.982. The standard InChI is InChI=1S/C11H12F3NSi/c1-16(2,3)5-4-7-10(14)8(12)6-9(13)11(7)15/h6H,15H2,1-3H3. The lowest BCUT2D eigenvalue weighted by atomic mass is 10.1. The number of hydrogen-bond acceptors (Lipinski definition) is 1. The third-order valence-electron chi connectivity index (χ3n) is 1.77. The Morgan fingerprint density at radius 2 is 1.69 bits per heavy atom. The Morgan fingerprint density at radius 1 is 1.12 bits per heavy atom. The molecule has 0 saturated heterocycles. The van der Waals surface area contributed by atoms with Crippen LogP contribution in [-0.4, -0.2) is 8.07 Å². The zero-order valence-corrected chi connectivity index (χ0v) is 10.3. The van der Waals surface area contributed by atoms with Crippen molar-refractivity contribution in [3.63, 3.8) is 0 Å². The highest BCUT2D eigenvalue weighted by Crippen LogP contribution is 2.21. The molecule has 0 saturated carbocycles. The summed E-state index contributed by atoms with van der Waals surface area (Å²) in [6.07, 6.45) is 0. The summed E-state index contributed by atoms with van der Waals surface area (Å²) in [5, 5.41) is 0. The van der Waals surface area contributed by atoms with E-state index < -0.39 is 31.2 Å². The maximum Gasteiger partial charge on any atom is 0.176 e. The van der Waals surface area contributed by atoms with Crippen molar-refractivity contribution in [1.82, 2.24) is 0 Å². The molecule has 2 N–H and O–H groups in total. The van der Waals surface area contributed by atoms with E-state index in [0.717, 1.165) is 0 Å². The van der Waals surface area contributed by atoms with Crippen molar-refractivity contribution in [2.45, 2.75) is 19.6 Å². The predicted molar refractivity (Wildman–Crippen MR) is 61.0 cm³/mol. The first-order valence-corrected chi connectivity index (χ1v) is 8.18. The van der Waals surface area contributed by atoms with Crippen LogP contribution < -0.4 is 5.73 Å². The third kappa shape index (κ3) is 2.80. The van der Waals surface area contributed by atoms with E-state index in [1.165, 1.54) is 0 Å². The lowest BCUT2D eigenvalue weighted by molar-refractivity contribution is 0.494. The quantitative estimate of drug-likeness (QED) is 0.322. The van der Waals surface area contributed by atoms with Crippen molar-refractivity contribution >= 4 is 13.8 Å². The first-order chi connectivity index (χ1) is 7.22. The Labute approximate surface area is 93.5 Å². The van der Waals surface area contributed by atoms with Gasteiger partial charge >= 0.3 is 0 Å². The molecule has 1 aromatic rings.